The van der Waals surface area contributed by atoms with Crippen LogP contribution in [0.2, 0.25) is 4.34 Å². The zero-order chi connectivity index (χ0) is 18.4. The highest BCUT2D eigenvalue weighted by atomic mass is 35.5. The zero-order valence-electron chi connectivity index (χ0n) is 14.6. The minimum atomic E-state index is -0.232. The van der Waals surface area contributed by atoms with Crippen molar-refractivity contribution in [1.82, 2.24) is 5.32 Å². The van der Waals surface area contributed by atoms with Crippen LogP contribution in [0.15, 0.2) is 30.3 Å². The largest absolute Gasteiger partial charge is 0.342 e. The van der Waals surface area contributed by atoms with E-state index in [2.05, 4.69) is 10.6 Å². The summed E-state index contributed by atoms with van der Waals surface area (Å²) in [5.41, 5.74) is 2.92. The molecule has 0 radical (unpaired) electrons. The van der Waals surface area contributed by atoms with E-state index in [4.69, 9.17) is 11.6 Å². The first-order valence-corrected chi connectivity index (χ1v) is 9.23. The molecule has 2 rings (SSSR count). The Labute approximate surface area is 157 Å². The summed E-state index contributed by atoms with van der Waals surface area (Å²) in [6, 6.07) is 9.56. The number of carbonyl (C=O) groups excluding carboxylic acids is 2. The number of carbonyl (C=O) groups is 2. The summed E-state index contributed by atoms with van der Waals surface area (Å²) in [5, 5.41) is 5.49. The average molecular weight is 381 g/mol. The van der Waals surface area contributed by atoms with Gasteiger partial charge in [0.2, 0.25) is 5.91 Å². The van der Waals surface area contributed by atoms with Crippen LogP contribution in [-0.2, 0) is 16.1 Å². The average Bonchev–Trinajstić information content (AvgIpc) is 2.94. The second kappa shape index (κ2) is 8.99. The predicted molar refractivity (Wildman–Crippen MR) is 102 cm³/mol. The van der Waals surface area contributed by atoms with E-state index in [1.807, 2.05) is 51.2 Å². The van der Waals surface area contributed by atoms with E-state index in [-0.39, 0.29) is 18.4 Å². The number of halogens is 1. The third-order valence-corrected chi connectivity index (χ3v) is 5.12. The van der Waals surface area contributed by atoms with Gasteiger partial charge in [0.15, 0.2) is 6.54 Å². The van der Waals surface area contributed by atoms with Crippen LogP contribution >= 0.6 is 22.9 Å². The van der Waals surface area contributed by atoms with E-state index in [1.165, 1.54) is 11.3 Å². The lowest BCUT2D eigenvalue weighted by atomic mass is 10.1. The van der Waals surface area contributed by atoms with Crippen molar-refractivity contribution in [2.75, 3.05) is 25.5 Å². The standard InChI is InChI=1S/C18H22ClN3O2S/c1-12-5-4-6-15(13(12)2)21-17(23)9-20-18(24)11-22(3)10-14-7-8-16(19)25-14/h4-8H,9-11H2,1-3H3,(H,20,24)(H,21,23)/p+1. The Morgan fingerprint density at radius 2 is 1.92 bits per heavy atom. The molecule has 3 N–H and O–H groups in total. The number of hydrogen-bond donors (Lipinski definition) is 3. The lowest BCUT2D eigenvalue weighted by Crippen LogP contribution is -3.08. The molecule has 1 heterocycles. The third-order valence-electron chi connectivity index (χ3n) is 3.89. The Kier molecular flexibility index (Phi) is 6.99. The summed E-state index contributed by atoms with van der Waals surface area (Å²) in [6.07, 6.45) is 0. The van der Waals surface area contributed by atoms with Gasteiger partial charge in [0, 0.05) is 5.69 Å². The van der Waals surface area contributed by atoms with Gasteiger partial charge in [0.1, 0.15) is 6.54 Å². The van der Waals surface area contributed by atoms with E-state index >= 15 is 0 Å². The summed E-state index contributed by atoms with van der Waals surface area (Å²) in [6.45, 7) is 4.93. The molecule has 1 unspecified atom stereocenters. The lowest BCUT2D eigenvalue weighted by Gasteiger charge is -2.13. The van der Waals surface area contributed by atoms with Crippen LogP contribution < -0.4 is 15.5 Å². The zero-order valence-corrected chi connectivity index (χ0v) is 16.2. The molecule has 0 aliphatic carbocycles. The highest BCUT2D eigenvalue weighted by Gasteiger charge is 2.13. The number of likely N-dealkylation sites (N-methyl/N-ethyl adjacent to an activating group) is 1. The molecule has 5 nitrogen and oxygen atoms in total. The summed E-state index contributed by atoms with van der Waals surface area (Å²) >= 11 is 7.42. The van der Waals surface area contributed by atoms with Crippen LogP contribution in [0.1, 0.15) is 16.0 Å². The van der Waals surface area contributed by atoms with Crippen LogP contribution in [0.25, 0.3) is 0 Å². The molecule has 0 fully saturated rings. The number of anilines is 1. The van der Waals surface area contributed by atoms with Crippen LogP contribution in [0, 0.1) is 13.8 Å². The van der Waals surface area contributed by atoms with Gasteiger partial charge in [-0.3, -0.25) is 9.59 Å². The van der Waals surface area contributed by atoms with Gasteiger partial charge >= 0.3 is 0 Å². The number of hydrogen-bond acceptors (Lipinski definition) is 3. The number of nitrogens with one attached hydrogen (secondary N) is 3. The van der Waals surface area contributed by atoms with Crippen molar-refractivity contribution < 1.29 is 14.5 Å². The molecule has 0 bridgehead atoms. The Morgan fingerprint density at radius 1 is 1.16 bits per heavy atom. The fraction of sp³-hybridized carbons (Fsp3) is 0.333. The molecule has 25 heavy (non-hydrogen) atoms. The molecular weight excluding hydrogens is 358 g/mol. The summed E-state index contributed by atoms with van der Waals surface area (Å²) < 4.78 is 0.746. The topological polar surface area (TPSA) is 62.6 Å². The number of aryl methyl sites for hydroxylation is 1. The third kappa shape index (κ3) is 6.16. The quantitative estimate of drug-likeness (QED) is 0.685. The number of benzene rings is 1. The van der Waals surface area contributed by atoms with Gasteiger partial charge in [-0.2, -0.15) is 0 Å². The fourth-order valence-corrected chi connectivity index (χ4v) is 3.60. The minimum Gasteiger partial charge on any atom is -0.342 e. The normalized spacial score (nSPS) is 11.8. The second-order valence-corrected chi connectivity index (χ2v) is 7.89. The van der Waals surface area contributed by atoms with Gasteiger partial charge in [-0.25, -0.2) is 0 Å². The molecule has 1 atom stereocenters. The van der Waals surface area contributed by atoms with Crippen LogP contribution in [0.4, 0.5) is 5.69 Å². The van der Waals surface area contributed by atoms with Crippen molar-refractivity contribution in [3.63, 3.8) is 0 Å². The highest BCUT2D eigenvalue weighted by Crippen LogP contribution is 2.20. The maximum Gasteiger partial charge on any atom is 0.275 e. The van der Waals surface area contributed by atoms with Gasteiger partial charge in [-0.1, -0.05) is 23.7 Å². The maximum atomic E-state index is 12.0. The van der Waals surface area contributed by atoms with Gasteiger partial charge < -0.3 is 15.5 Å². The molecule has 2 amide bonds. The Bertz CT molecular complexity index is 761. The smallest absolute Gasteiger partial charge is 0.275 e. The van der Waals surface area contributed by atoms with Crippen LogP contribution in [0.5, 0.6) is 0 Å². The molecule has 134 valence electrons. The van der Waals surface area contributed by atoms with Crippen molar-refractivity contribution in [2.45, 2.75) is 20.4 Å². The van der Waals surface area contributed by atoms with Gasteiger partial charge in [0.25, 0.3) is 5.91 Å². The SMILES string of the molecule is Cc1cccc(NC(=O)CNC(=O)C[NH+](C)Cc2ccc(Cl)s2)c1C. The Hall–Kier alpha value is -1.89. The van der Waals surface area contributed by atoms with E-state index in [0.717, 1.165) is 37.5 Å². The predicted octanol–water partition coefficient (Wildman–Crippen LogP) is 1.79. The van der Waals surface area contributed by atoms with E-state index in [9.17, 15) is 9.59 Å². The van der Waals surface area contributed by atoms with Crippen LogP contribution in [0.3, 0.4) is 0 Å². The molecule has 1 aromatic carbocycles. The molecule has 2 aromatic rings. The fourth-order valence-electron chi connectivity index (χ4n) is 2.40. The molecule has 0 spiro atoms. The minimum absolute atomic E-state index is 0.0374. The molecule has 0 saturated heterocycles. The summed E-state index contributed by atoms with van der Waals surface area (Å²) in [4.78, 5) is 26.2. The molecule has 1 aromatic heterocycles. The first-order valence-electron chi connectivity index (χ1n) is 8.03. The first-order chi connectivity index (χ1) is 11.8. The highest BCUT2D eigenvalue weighted by molar-refractivity contribution is 7.16. The van der Waals surface area contributed by atoms with Crippen molar-refractivity contribution in [3.8, 4) is 0 Å². The van der Waals surface area contributed by atoms with Gasteiger partial charge in [0.05, 0.1) is 22.8 Å². The van der Waals surface area contributed by atoms with Gasteiger partial charge in [-0.05, 0) is 43.2 Å². The number of amides is 2. The monoisotopic (exact) mass is 380 g/mol. The molecule has 7 heteroatoms. The molecular formula is C18H23ClN3O2S+. The van der Waals surface area contributed by atoms with E-state index in [0.29, 0.717) is 6.54 Å². The summed E-state index contributed by atoms with van der Waals surface area (Å²) in [5.74, 6) is -0.388. The second-order valence-electron chi connectivity index (χ2n) is 6.09. The van der Waals surface area contributed by atoms with E-state index in [1.54, 1.807) is 0 Å². The number of rotatable bonds is 7. The Balaban J connectivity index is 1.75. The van der Waals surface area contributed by atoms with E-state index < -0.39 is 0 Å². The van der Waals surface area contributed by atoms with Crippen molar-refractivity contribution in [3.05, 3.63) is 50.7 Å². The Morgan fingerprint density at radius 3 is 2.60 bits per heavy atom. The first kappa shape index (κ1) is 19.4. The summed E-state index contributed by atoms with van der Waals surface area (Å²) in [7, 11) is 1.93. The maximum absolute atomic E-state index is 12.0. The molecule has 0 aliphatic rings. The van der Waals surface area contributed by atoms with Crippen molar-refractivity contribution in [2.24, 2.45) is 0 Å². The lowest BCUT2D eigenvalue weighted by molar-refractivity contribution is -0.885. The number of thiophene rings is 1. The molecule has 0 aliphatic heterocycles. The van der Waals surface area contributed by atoms with Crippen molar-refractivity contribution >= 4 is 40.4 Å². The van der Waals surface area contributed by atoms with Gasteiger partial charge in [-0.15, -0.1) is 11.3 Å². The van der Waals surface area contributed by atoms with Crippen molar-refractivity contribution in [1.29, 1.82) is 0 Å². The number of quaternary nitrogens is 1. The van der Waals surface area contributed by atoms with Crippen LogP contribution in [-0.4, -0.2) is 32.0 Å². The molecule has 0 saturated carbocycles.